The van der Waals surface area contributed by atoms with E-state index < -0.39 is 0 Å². The maximum Gasteiger partial charge on any atom is 0.138 e. The Morgan fingerprint density at radius 2 is 1.80 bits per heavy atom. The van der Waals surface area contributed by atoms with Gasteiger partial charge in [0.05, 0.1) is 5.69 Å². The van der Waals surface area contributed by atoms with Crippen LogP contribution in [0.2, 0.25) is 0 Å². The van der Waals surface area contributed by atoms with E-state index in [0.717, 1.165) is 0 Å². The average Bonchev–Trinajstić information content (AvgIpc) is 2.25. The molecule has 3 nitrogen and oxygen atoms in total. The highest BCUT2D eigenvalue weighted by molar-refractivity contribution is 5.55. The summed E-state index contributed by atoms with van der Waals surface area (Å²) < 4.78 is 5.50. The molecule has 0 heterocycles. The van der Waals surface area contributed by atoms with Gasteiger partial charge in [-0.25, -0.2) is 0 Å². The molecule has 0 aliphatic carbocycles. The predicted molar refractivity (Wildman–Crippen MR) is 57.9 cm³/mol. The van der Waals surface area contributed by atoms with E-state index in [2.05, 4.69) is 6.07 Å². The Labute approximate surface area is 87.7 Å². The second kappa shape index (κ2) is 3.92. The number of benzene rings is 2. The lowest BCUT2D eigenvalue weighted by molar-refractivity contribution is 0.467. The highest BCUT2D eigenvalue weighted by Crippen LogP contribution is 2.28. The second-order valence-electron chi connectivity index (χ2n) is 3.06. The molecule has 1 radical (unpaired) electrons. The monoisotopic (exact) mass is 200 g/mol. The van der Waals surface area contributed by atoms with Crippen molar-refractivity contribution in [2.75, 3.05) is 5.73 Å². The van der Waals surface area contributed by atoms with Gasteiger partial charge in [0, 0.05) is 6.07 Å². The summed E-state index contributed by atoms with van der Waals surface area (Å²) in [5.74, 6) is 1.36. The van der Waals surface area contributed by atoms with E-state index in [-0.39, 0.29) is 5.75 Å². The fraction of sp³-hybridized carbons (Fsp3) is 0. The van der Waals surface area contributed by atoms with E-state index in [1.54, 1.807) is 36.4 Å². The van der Waals surface area contributed by atoms with Gasteiger partial charge in [0.2, 0.25) is 0 Å². The number of nitrogen functional groups attached to an aromatic ring is 1. The molecule has 75 valence electrons. The third-order valence-electron chi connectivity index (χ3n) is 1.92. The van der Waals surface area contributed by atoms with Crippen LogP contribution in [0.25, 0.3) is 0 Å². The Kier molecular flexibility index (Phi) is 2.46. The summed E-state index contributed by atoms with van der Waals surface area (Å²) in [7, 11) is 0. The topological polar surface area (TPSA) is 55.5 Å². The summed E-state index contributed by atoms with van der Waals surface area (Å²) in [5.41, 5.74) is 5.84. The maximum atomic E-state index is 9.22. The van der Waals surface area contributed by atoms with Crippen molar-refractivity contribution in [2.45, 2.75) is 0 Å². The smallest absolute Gasteiger partial charge is 0.138 e. The van der Waals surface area contributed by atoms with E-state index in [0.29, 0.717) is 17.2 Å². The lowest BCUT2D eigenvalue weighted by Crippen LogP contribution is -1.88. The van der Waals surface area contributed by atoms with Gasteiger partial charge in [-0.3, -0.25) is 0 Å². The normalized spacial score (nSPS) is 9.87. The van der Waals surface area contributed by atoms with Gasteiger partial charge in [-0.15, -0.1) is 0 Å². The number of rotatable bonds is 2. The molecule has 0 aliphatic rings. The molecule has 0 aromatic heterocycles. The van der Waals surface area contributed by atoms with Crippen LogP contribution in [0.4, 0.5) is 5.69 Å². The number of phenolic OH excluding ortho intramolecular Hbond substituents is 1. The number of hydrogen-bond acceptors (Lipinski definition) is 3. The van der Waals surface area contributed by atoms with Crippen molar-refractivity contribution in [2.24, 2.45) is 0 Å². The molecule has 3 N–H and O–H groups in total. The van der Waals surface area contributed by atoms with Crippen LogP contribution in [0, 0.1) is 6.07 Å². The molecule has 2 aromatic rings. The van der Waals surface area contributed by atoms with Crippen molar-refractivity contribution in [3.05, 3.63) is 48.5 Å². The molecule has 0 saturated carbocycles. The molecule has 2 rings (SSSR count). The molecular weight excluding hydrogens is 190 g/mol. The zero-order valence-electron chi connectivity index (χ0n) is 7.97. The molecule has 3 heteroatoms. The van der Waals surface area contributed by atoms with Crippen LogP contribution in [0.1, 0.15) is 0 Å². The first-order chi connectivity index (χ1) is 7.25. The molecule has 0 atom stereocenters. The molecule has 15 heavy (non-hydrogen) atoms. The van der Waals surface area contributed by atoms with Gasteiger partial charge in [0.1, 0.15) is 17.2 Å². The predicted octanol–water partition coefficient (Wildman–Crippen LogP) is 2.57. The van der Waals surface area contributed by atoms with Crippen molar-refractivity contribution in [3.8, 4) is 17.2 Å². The minimum absolute atomic E-state index is 0.0590. The number of aromatic hydroxyl groups is 1. The van der Waals surface area contributed by atoms with Crippen LogP contribution in [0.15, 0.2) is 42.5 Å². The van der Waals surface area contributed by atoms with E-state index in [1.807, 2.05) is 0 Å². The van der Waals surface area contributed by atoms with Crippen LogP contribution in [-0.2, 0) is 0 Å². The molecule has 0 saturated heterocycles. The second-order valence-corrected chi connectivity index (χ2v) is 3.06. The lowest BCUT2D eigenvalue weighted by Gasteiger charge is -2.06. The fourth-order valence-corrected chi connectivity index (χ4v) is 1.17. The van der Waals surface area contributed by atoms with E-state index in [9.17, 15) is 5.11 Å². The highest BCUT2D eigenvalue weighted by atomic mass is 16.5. The number of anilines is 1. The first-order valence-corrected chi connectivity index (χ1v) is 4.48. The van der Waals surface area contributed by atoms with Crippen molar-refractivity contribution in [1.82, 2.24) is 0 Å². The molecule has 0 fully saturated rings. The van der Waals surface area contributed by atoms with E-state index in [1.165, 1.54) is 6.07 Å². The van der Waals surface area contributed by atoms with Crippen molar-refractivity contribution in [1.29, 1.82) is 0 Å². The summed E-state index contributed by atoms with van der Waals surface area (Å²) in [4.78, 5) is 0. The number of phenols is 1. The lowest BCUT2D eigenvalue weighted by atomic mass is 10.3. The minimum Gasteiger partial charge on any atom is -0.506 e. The van der Waals surface area contributed by atoms with Crippen LogP contribution in [0.5, 0.6) is 17.2 Å². The Morgan fingerprint density at radius 1 is 1.07 bits per heavy atom. The summed E-state index contributed by atoms with van der Waals surface area (Å²) >= 11 is 0. The van der Waals surface area contributed by atoms with Gasteiger partial charge in [-0.05, 0) is 30.3 Å². The number of ether oxygens (including phenoxy) is 1. The molecule has 0 amide bonds. The van der Waals surface area contributed by atoms with Crippen LogP contribution < -0.4 is 10.5 Å². The fourth-order valence-electron chi connectivity index (χ4n) is 1.17. The third kappa shape index (κ3) is 2.20. The largest absolute Gasteiger partial charge is 0.506 e. The van der Waals surface area contributed by atoms with Gasteiger partial charge in [0.15, 0.2) is 0 Å². The third-order valence-corrected chi connectivity index (χ3v) is 1.92. The van der Waals surface area contributed by atoms with E-state index >= 15 is 0 Å². The van der Waals surface area contributed by atoms with E-state index in [4.69, 9.17) is 10.5 Å². The Hall–Kier alpha value is -2.16. The van der Waals surface area contributed by atoms with Crippen molar-refractivity contribution >= 4 is 5.69 Å². The van der Waals surface area contributed by atoms with Crippen LogP contribution in [-0.4, -0.2) is 5.11 Å². The molecule has 2 aromatic carbocycles. The van der Waals surface area contributed by atoms with Crippen molar-refractivity contribution < 1.29 is 9.84 Å². The number of hydrogen-bond donors (Lipinski definition) is 2. The molecule has 0 spiro atoms. The molecular formula is C12H10NO2. The minimum atomic E-state index is 0.0590. The first-order valence-electron chi connectivity index (χ1n) is 4.48. The summed E-state index contributed by atoms with van der Waals surface area (Å²) in [6.45, 7) is 0. The average molecular weight is 200 g/mol. The Balaban J connectivity index is 2.22. The van der Waals surface area contributed by atoms with Crippen LogP contribution in [0.3, 0.4) is 0 Å². The molecule has 0 aliphatic heterocycles. The SMILES string of the molecule is Nc1cc(Oc2cc[c]cc2)ccc1O. The maximum absolute atomic E-state index is 9.22. The highest BCUT2D eigenvalue weighted by Gasteiger charge is 2.00. The Morgan fingerprint density at radius 3 is 2.47 bits per heavy atom. The van der Waals surface area contributed by atoms with Gasteiger partial charge >= 0.3 is 0 Å². The quantitative estimate of drug-likeness (QED) is 0.578. The summed E-state index contributed by atoms with van der Waals surface area (Å²) in [6.07, 6.45) is 0. The molecule has 0 bridgehead atoms. The van der Waals surface area contributed by atoms with Gasteiger partial charge in [-0.1, -0.05) is 12.1 Å². The standard InChI is InChI=1S/C12H10NO2/c13-11-8-10(6-7-12(11)14)15-9-4-2-1-3-5-9/h2-8,14H,13H2. The zero-order chi connectivity index (χ0) is 10.7. The summed E-state index contributed by atoms with van der Waals surface area (Å²) in [6, 6.07) is 14.7. The van der Waals surface area contributed by atoms with Gasteiger partial charge in [-0.2, -0.15) is 0 Å². The summed E-state index contributed by atoms with van der Waals surface area (Å²) in [5, 5.41) is 9.22. The van der Waals surface area contributed by atoms with Gasteiger partial charge in [0.25, 0.3) is 0 Å². The number of nitrogens with two attached hydrogens (primary N) is 1. The molecule has 0 unspecified atom stereocenters. The zero-order valence-corrected chi connectivity index (χ0v) is 7.97. The van der Waals surface area contributed by atoms with Crippen LogP contribution >= 0.6 is 0 Å². The van der Waals surface area contributed by atoms with Crippen molar-refractivity contribution in [3.63, 3.8) is 0 Å². The first kappa shape index (κ1) is 9.40. The van der Waals surface area contributed by atoms with Gasteiger partial charge < -0.3 is 15.6 Å². The Bertz CT molecular complexity index is 454.